The van der Waals surface area contributed by atoms with Crippen LogP contribution in [0, 0.1) is 6.92 Å². The van der Waals surface area contributed by atoms with Crippen LogP contribution < -0.4 is 10.1 Å². The van der Waals surface area contributed by atoms with Crippen molar-refractivity contribution in [1.82, 2.24) is 4.98 Å². The molecule has 0 saturated carbocycles. The molecule has 0 fully saturated rings. The molecular weight excluding hydrogens is 304 g/mol. The number of aryl methyl sites for hydroxylation is 1. The summed E-state index contributed by atoms with van der Waals surface area (Å²) in [5.74, 6) is 0.290. The Morgan fingerprint density at radius 1 is 1.32 bits per heavy atom. The van der Waals surface area contributed by atoms with Crippen molar-refractivity contribution in [2.24, 2.45) is 0 Å². The van der Waals surface area contributed by atoms with Gasteiger partial charge in [-0.05, 0) is 42.8 Å². The van der Waals surface area contributed by atoms with Gasteiger partial charge in [-0.25, -0.2) is 0 Å². The molecule has 0 unspecified atom stereocenters. The molecule has 112 valence electrons. The van der Waals surface area contributed by atoms with E-state index in [1.807, 2.05) is 25.1 Å². The van der Waals surface area contributed by atoms with Crippen molar-refractivity contribution >= 4 is 34.6 Å². The van der Waals surface area contributed by atoms with Crippen molar-refractivity contribution in [2.45, 2.75) is 6.92 Å². The lowest BCUT2D eigenvalue weighted by atomic mass is 10.2. The van der Waals surface area contributed by atoms with E-state index in [-0.39, 0.29) is 18.5 Å². The first-order chi connectivity index (χ1) is 10.6. The van der Waals surface area contributed by atoms with Crippen molar-refractivity contribution < 1.29 is 13.9 Å². The summed E-state index contributed by atoms with van der Waals surface area (Å²) in [5, 5.41) is 3.11. The average molecular weight is 317 g/mol. The van der Waals surface area contributed by atoms with E-state index in [9.17, 15) is 4.79 Å². The highest BCUT2D eigenvalue weighted by Gasteiger charge is 2.10. The fraction of sp³-hybridized carbons (Fsp3) is 0.125. The second-order valence-corrected chi connectivity index (χ2v) is 5.22. The van der Waals surface area contributed by atoms with Crippen LogP contribution in [0.2, 0.25) is 5.02 Å². The van der Waals surface area contributed by atoms with E-state index in [0.717, 1.165) is 5.56 Å². The van der Waals surface area contributed by atoms with Gasteiger partial charge in [0, 0.05) is 5.02 Å². The summed E-state index contributed by atoms with van der Waals surface area (Å²) in [5.41, 5.74) is 2.20. The van der Waals surface area contributed by atoms with E-state index in [1.54, 1.807) is 24.3 Å². The predicted molar refractivity (Wildman–Crippen MR) is 84.3 cm³/mol. The van der Waals surface area contributed by atoms with E-state index in [2.05, 4.69) is 10.3 Å². The zero-order chi connectivity index (χ0) is 15.5. The summed E-state index contributed by atoms with van der Waals surface area (Å²) in [6.07, 6.45) is 0. The number of rotatable bonds is 4. The van der Waals surface area contributed by atoms with E-state index in [1.165, 1.54) is 0 Å². The molecule has 1 aromatic heterocycles. The van der Waals surface area contributed by atoms with Crippen molar-refractivity contribution in [2.75, 3.05) is 11.9 Å². The molecule has 0 spiro atoms. The molecule has 1 amide bonds. The monoisotopic (exact) mass is 316 g/mol. The van der Waals surface area contributed by atoms with Gasteiger partial charge in [0.2, 0.25) is 0 Å². The van der Waals surface area contributed by atoms with E-state index in [4.69, 9.17) is 20.8 Å². The number of aromatic nitrogens is 1. The molecule has 0 bridgehead atoms. The van der Waals surface area contributed by atoms with Crippen LogP contribution in [0.15, 0.2) is 46.9 Å². The molecule has 0 aliphatic rings. The lowest BCUT2D eigenvalue weighted by Crippen LogP contribution is -2.20. The molecule has 1 N–H and O–H groups in total. The van der Waals surface area contributed by atoms with Gasteiger partial charge in [0.25, 0.3) is 5.91 Å². The fourth-order valence-corrected chi connectivity index (χ4v) is 2.13. The first kappa shape index (κ1) is 14.4. The summed E-state index contributed by atoms with van der Waals surface area (Å²) >= 11 is 5.87. The number of fused-ring (bicyclic) bond motifs is 1. The zero-order valence-electron chi connectivity index (χ0n) is 11.8. The molecule has 6 heteroatoms. The van der Waals surface area contributed by atoms with Crippen molar-refractivity contribution in [3.63, 3.8) is 0 Å². The third-order valence-electron chi connectivity index (χ3n) is 2.96. The molecule has 0 radical (unpaired) electrons. The van der Waals surface area contributed by atoms with Crippen molar-refractivity contribution in [3.05, 3.63) is 53.1 Å². The molecule has 3 aromatic rings. The maximum Gasteiger partial charge on any atom is 0.302 e. The smallest absolute Gasteiger partial charge is 0.302 e. The average Bonchev–Trinajstić information content (AvgIpc) is 2.86. The Balaban J connectivity index is 1.63. The van der Waals surface area contributed by atoms with Crippen molar-refractivity contribution in [1.29, 1.82) is 0 Å². The molecule has 0 aliphatic carbocycles. The third-order valence-corrected chi connectivity index (χ3v) is 3.19. The third kappa shape index (κ3) is 3.38. The molecule has 22 heavy (non-hydrogen) atoms. The van der Waals surface area contributed by atoms with Crippen molar-refractivity contribution in [3.8, 4) is 5.75 Å². The summed E-state index contributed by atoms with van der Waals surface area (Å²) in [6, 6.07) is 12.7. The van der Waals surface area contributed by atoms with Gasteiger partial charge in [-0.15, -0.1) is 0 Å². The summed E-state index contributed by atoms with van der Waals surface area (Å²) in [4.78, 5) is 16.0. The zero-order valence-corrected chi connectivity index (χ0v) is 12.6. The number of hydrogen-bond acceptors (Lipinski definition) is 4. The van der Waals surface area contributed by atoms with Gasteiger partial charge >= 0.3 is 6.01 Å². The topological polar surface area (TPSA) is 64.4 Å². The van der Waals surface area contributed by atoms with Crippen LogP contribution >= 0.6 is 11.6 Å². The fourth-order valence-electron chi connectivity index (χ4n) is 1.96. The molecule has 3 rings (SSSR count). The number of nitrogens with zero attached hydrogens (tertiary/aromatic N) is 1. The minimum atomic E-state index is -0.348. The second kappa shape index (κ2) is 6.07. The van der Waals surface area contributed by atoms with E-state index >= 15 is 0 Å². The lowest BCUT2D eigenvalue weighted by Gasteiger charge is -2.05. The second-order valence-electron chi connectivity index (χ2n) is 4.78. The van der Waals surface area contributed by atoms with Crippen LogP contribution in [0.5, 0.6) is 5.75 Å². The van der Waals surface area contributed by atoms with E-state index < -0.39 is 0 Å². The van der Waals surface area contributed by atoms with Crippen LogP contribution in [0.3, 0.4) is 0 Å². The number of ether oxygens (including phenoxy) is 1. The highest BCUT2D eigenvalue weighted by molar-refractivity contribution is 6.31. The summed E-state index contributed by atoms with van der Waals surface area (Å²) in [6.45, 7) is 1.83. The molecule has 0 atom stereocenters. The summed E-state index contributed by atoms with van der Waals surface area (Å²) in [7, 11) is 0. The van der Waals surface area contributed by atoms with Gasteiger partial charge in [0.1, 0.15) is 11.3 Å². The first-order valence-electron chi connectivity index (χ1n) is 6.65. The number of nitrogens with one attached hydrogen (secondary N) is 1. The minimum Gasteiger partial charge on any atom is -0.484 e. The Hall–Kier alpha value is -2.53. The Kier molecular flexibility index (Phi) is 3.98. The Labute approximate surface area is 131 Å². The lowest BCUT2D eigenvalue weighted by molar-refractivity contribution is -0.118. The number of amides is 1. The number of anilines is 1. The van der Waals surface area contributed by atoms with Crippen LogP contribution in [0.1, 0.15) is 5.56 Å². The molecule has 1 heterocycles. The quantitative estimate of drug-likeness (QED) is 0.795. The van der Waals surface area contributed by atoms with Crippen LogP contribution in [-0.4, -0.2) is 17.5 Å². The number of hydrogen-bond donors (Lipinski definition) is 1. The van der Waals surface area contributed by atoms with E-state index in [0.29, 0.717) is 21.9 Å². The van der Waals surface area contributed by atoms with Crippen LogP contribution in [0.4, 0.5) is 6.01 Å². The van der Waals surface area contributed by atoms with Gasteiger partial charge in [-0.3, -0.25) is 10.1 Å². The van der Waals surface area contributed by atoms with Gasteiger partial charge < -0.3 is 9.15 Å². The highest BCUT2D eigenvalue weighted by atomic mass is 35.5. The molecular formula is C16H13ClN2O3. The standard InChI is InChI=1S/C16H13ClN2O3/c1-10-3-2-4-12(7-10)21-9-15(20)19-16-18-13-8-11(17)5-6-14(13)22-16/h2-8H,9H2,1H3,(H,18,19,20). The Morgan fingerprint density at radius 2 is 2.18 bits per heavy atom. The highest BCUT2D eigenvalue weighted by Crippen LogP contribution is 2.22. The first-order valence-corrected chi connectivity index (χ1v) is 7.03. The number of halogens is 1. The van der Waals surface area contributed by atoms with Crippen LogP contribution in [-0.2, 0) is 4.79 Å². The Bertz CT molecular complexity index is 829. The van der Waals surface area contributed by atoms with Gasteiger partial charge in [0.15, 0.2) is 12.2 Å². The van der Waals surface area contributed by atoms with Gasteiger partial charge in [-0.1, -0.05) is 23.7 Å². The molecule has 0 saturated heterocycles. The SMILES string of the molecule is Cc1cccc(OCC(=O)Nc2nc3cc(Cl)ccc3o2)c1. The largest absolute Gasteiger partial charge is 0.484 e. The maximum absolute atomic E-state index is 11.9. The number of carbonyl (C=O) groups is 1. The van der Waals surface area contributed by atoms with Gasteiger partial charge in [0.05, 0.1) is 0 Å². The maximum atomic E-state index is 11.9. The molecule has 0 aliphatic heterocycles. The van der Waals surface area contributed by atoms with Gasteiger partial charge in [-0.2, -0.15) is 4.98 Å². The van der Waals surface area contributed by atoms with Crippen LogP contribution in [0.25, 0.3) is 11.1 Å². The number of carbonyl (C=O) groups excluding carboxylic acids is 1. The summed E-state index contributed by atoms with van der Waals surface area (Å²) < 4.78 is 10.8. The normalized spacial score (nSPS) is 10.6. The Morgan fingerprint density at radius 3 is 3.00 bits per heavy atom. The number of benzene rings is 2. The minimum absolute atomic E-state index is 0.120. The molecule has 2 aromatic carbocycles. The number of oxazole rings is 1. The molecule has 5 nitrogen and oxygen atoms in total. The predicted octanol–water partition coefficient (Wildman–Crippen LogP) is 3.81.